The Morgan fingerprint density at radius 2 is 2.06 bits per heavy atom. The fourth-order valence-electron chi connectivity index (χ4n) is 2.02. The maximum absolute atomic E-state index is 11.9. The van der Waals surface area contributed by atoms with E-state index in [4.69, 9.17) is 5.11 Å². The Balaban J connectivity index is 2.29. The summed E-state index contributed by atoms with van der Waals surface area (Å²) in [5, 5.41) is 8.62. The molecule has 1 aliphatic heterocycles. The molecule has 0 aromatic rings. The summed E-state index contributed by atoms with van der Waals surface area (Å²) in [4.78, 5) is 25.8. The van der Waals surface area contributed by atoms with E-state index in [-0.39, 0.29) is 18.4 Å². The summed E-state index contributed by atoms with van der Waals surface area (Å²) in [5.74, 6) is -0.149. The topological polar surface area (TPSA) is 60.9 Å². The number of rotatable bonds is 5. The maximum atomic E-state index is 11.9. The van der Waals surface area contributed by atoms with Crippen molar-refractivity contribution in [2.45, 2.75) is 26.7 Å². The minimum absolute atomic E-state index is 0.0203. The third kappa shape index (κ3) is 3.91. The molecule has 1 rings (SSSR count). The van der Waals surface area contributed by atoms with Crippen LogP contribution < -0.4 is 0 Å². The normalized spacial score (nSPS) is 17.5. The standard InChI is InChI=1S/C12H22N2O3/c1-4-9(2)6-13(3)12(17)14-7-10(8-14)5-11(15)16/h9-10H,4-8H2,1-3H3,(H,15,16). The highest BCUT2D eigenvalue weighted by atomic mass is 16.4. The molecular formula is C12H22N2O3. The van der Waals surface area contributed by atoms with Gasteiger partial charge in [0.1, 0.15) is 0 Å². The fourth-order valence-corrected chi connectivity index (χ4v) is 2.02. The molecule has 98 valence electrons. The number of carbonyl (C=O) groups is 2. The van der Waals surface area contributed by atoms with Gasteiger partial charge in [-0.3, -0.25) is 4.79 Å². The zero-order valence-electron chi connectivity index (χ0n) is 10.8. The molecule has 1 fully saturated rings. The van der Waals surface area contributed by atoms with Crippen LogP contribution in [0.25, 0.3) is 0 Å². The van der Waals surface area contributed by atoms with Gasteiger partial charge in [0.25, 0.3) is 0 Å². The number of nitrogens with zero attached hydrogens (tertiary/aromatic N) is 2. The molecule has 1 heterocycles. The first-order valence-corrected chi connectivity index (χ1v) is 6.15. The summed E-state index contributed by atoms with van der Waals surface area (Å²) in [6.45, 7) is 6.14. The molecule has 0 aromatic heterocycles. The van der Waals surface area contributed by atoms with Gasteiger partial charge in [0.15, 0.2) is 0 Å². The number of carbonyl (C=O) groups excluding carboxylic acids is 1. The van der Waals surface area contributed by atoms with Crippen LogP contribution in [0.1, 0.15) is 26.7 Å². The molecule has 1 unspecified atom stereocenters. The number of hydrogen-bond acceptors (Lipinski definition) is 2. The number of likely N-dealkylation sites (tertiary alicyclic amines) is 1. The van der Waals surface area contributed by atoms with E-state index in [9.17, 15) is 9.59 Å². The number of urea groups is 1. The van der Waals surface area contributed by atoms with Gasteiger partial charge in [-0.15, -0.1) is 0 Å². The van der Waals surface area contributed by atoms with Gasteiger partial charge in [-0.1, -0.05) is 20.3 Å². The van der Waals surface area contributed by atoms with Gasteiger partial charge >= 0.3 is 12.0 Å². The van der Waals surface area contributed by atoms with E-state index < -0.39 is 5.97 Å². The highest BCUT2D eigenvalue weighted by Crippen LogP contribution is 2.20. The third-order valence-corrected chi connectivity index (χ3v) is 3.30. The van der Waals surface area contributed by atoms with Crippen LogP contribution in [0.15, 0.2) is 0 Å². The van der Waals surface area contributed by atoms with Gasteiger partial charge in [0.05, 0.1) is 6.42 Å². The van der Waals surface area contributed by atoms with Crippen molar-refractivity contribution in [1.82, 2.24) is 9.80 Å². The average Bonchev–Trinajstić information content (AvgIpc) is 2.21. The highest BCUT2D eigenvalue weighted by molar-refractivity contribution is 5.75. The smallest absolute Gasteiger partial charge is 0.319 e. The van der Waals surface area contributed by atoms with Crippen LogP contribution in [-0.2, 0) is 4.79 Å². The lowest BCUT2D eigenvalue weighted by molar-refractivity contribution is -0.139. The molecule has 1 N–H and O–H groups in total. The first-order valence-electron chi connectivity index (χ1n) is 6.15. The molecule has 5 heteroatoms. The first kappa shape index (κ1) is 13.8. The van der Waals surface area contributed by atoms with E-state index in [1.165, 1.54) is 0 Å². The molecule has 2 amide bonds. The average molecular weight is 242 g/mol. The summed E-state index contributed by atoms with van der Waals surface area (Å²) in [6, 6.07) is 0.0203. The summed E-state index contributed by atoms with van der Waals surface area (Å²) >= 11 is 0. The van der Waals surface area contributed by atoms with Crippen molar-refractivity contribution in [3.63, 3.8) is 0 Å². The first-order chi connectivity index (χ1) is 7.93. The van der Waals surface area contributed by atoms with Crippen molar-refractivity contribution >= 4 is 12.0 Å². The molecule has 0 saturated carbocycles. The molecule has 17 heavy (non-hydrogen) atoms. The van der Waals surface area contributed by atoms with Gasteiger partial charge in [0.2, 0.25) is 0 Å². The predicted molar refractivity (Wildman–Crippen MR) is 64.8 cm³/mol. The fraction of sp³-hybridized carbons (Fsp3) is 0.833. The molecule has 0 aliphatic carbocycles. The van der Waals surface area contributed by atoms with Crippen molar-refractivity contribution in [3.8, 4) is 0 Å². The number of carboxylic acid groups (broad SMARTS) is 1. The molecule has 0 radical (unpaired) electrons. The lowest BCUT2D eigenvalue weighted by Crippen LogP contribution is -2.55. The van der Waals surface area contributed by atoms with E-state index in [0.717, 1.165) is 13.0 Å². The second-order valence-corrected chi connectivity index (χ2v) is 5.05. The Bertz CT molecular complexity index is 287. The Hall–Kier alpha value is -1.26. The van der Waals surface area contributed by atoms with E-state index in [1.54, 1.807) is 16.8 Å². The van der Waals surface area contributed by atoms with E-state index in [2.05, 4.69) is 13.8 Å². The summed E-state index contributed by atoms with van der Waals surface area (Å²) in [5.41, 5.74) is 0. The van der Waals surface area contributed by atoms with Crippen molar-refractivity contribution in [2.75, 3.05) is 26.7 Å². The molecular weight excluding hydrogens is 220 g/mol. The Morgan fingerprint density at radius 3 is 2.53 bits per heavy atom. The van der Waals surface area contributed by atoms with Crippen molar-refractivity contribution in [1.29, 1.82) is 0 Å². The lowest BCUT2D eigenvalue weighted by Gasteiger charge is -2.41. The predicted octanol–water partition coefficient (Wildman–Crippen LogP) is 1.49. The maximum Gasteiger partial charge on any atom is 0.319 e. The van der Waals surface area contributed by atoms with E-state index >= 15 is 0 Å². The Morgan fingerprint density at radius 1 is 1.47 bits per heavy atom. The van der Waals surface area contributed by atoms with E-state index in [0.29, 0.717) is 19.0 Å². The van der Waals surface area contributed by atoms with Crippen molar-refractivity contribution in [2.24, 2.45) is 11.8 Å². The van der Waals surface area contributed by atoms with Gasteiger partial charge in [-0.25, -0.2) is 4.79 Å². The molecule has 1 aliphatic rings. The summed E-state index contributed by atoms with van der Waals surface area (Å²) < 4.78 is 0. The van der Waals surface area contributed by atoms with Crippen LogP contribution in [0.2, 0.25) is 0 Å². The summed E-state index contributed by atoms with van der Waals surface area (Å²) in [6.07, 6.45) is 1.22. The second-order valence-electron chi connectivity index (χ2n) is 5.05. The molecule has 1 atom stereocenters. The van der Waals surface area contributed by atoms with Crippen LogP contribution in [-0.4, -0.2) is 53.6 Å². The van der Waals surface area contributed by atoms with Crippen LogP contribution >= 0.6 is 0 Å². The number of hydrogen-bond donors (Lipinski definition) is 1. The minimum Gasteiger partial charge on any atom is -0.481 e. The monoisotopic (exact) mass is 242 g/mol. The van der Waals surface area contributed by atoms with Crippen LogP contribution in [0.3, 0.4) is 0 Å². The lowest BCUT2D eigenvalue weighted by atomic mass is 9.97. The van der Waals surface area contributed by atoms with Crippen molar-refractivity contribution in [3.05, 3.63) is 0 Å². The second kappa shape index (κ2) is 5.89. The third-order valence-electron chi connectivity index (χ3n) is 3.30. The Kier molecular flexibility index (Phi) is 4.78. The SMILES string of the molecule is CCC(C)CN(C)C(=O)N1CC(CC(=O)O)C1. The molecule has 1 saturated heterocycles. The quantitative estimate of drug-likeness (QED) is 0.794. The Labute approximate surface area is 102 Å². The van der Waals surface area contributed by atoms with Crippen LogP contribution in [0.4, 0.5) is 4.79 Å². The van der Waals surface area contributed by atoms with E-state index in [1.807, 2.05) is 0 Å². The van der Waals surface area contributed by atoms with Gasteiger partial charge < -0.3 is 14.9 Å². The highest BCUT2D eigenvalue weighted by Gasteiger charge is 2.33. The number of amides is 2. The molecule has 5 nitrogen and oxygen atoms in total. The van der Waals surface area contributed by atoms with Gasteiger partial charge in [-0.05, 0) is 5.92 Å². The van der Waals surface area contributed by atoms with Crippen LogP contribution in [0.5, 0.6) is 0 Å². The van der Waals surface area contributed by atoms with Gasteiger partial charge in [0, 0.05) is 32.6 Å². The zero-order chi connectivity index (χ0) is 13.0. The molecule has 0 aromatic carbocycles. The minimum atomic E-state index is -0.782. The summed E-state index contributed by atoms with van der Waals surface area (Å²) in [7, 11) is 1.80. The molecule has 0 spiro atoms. The zero-order valence-corrected chi connectivity index (χ0v) is 10.8. The van der Waals surface area contributed by atoms with Crippen molar-refractivity contribution < 1.29 is 14.7 Å². The molecule has 0 bridgehead atoms. The van der Waals surface area contributed by atoms with Crippen LogP contribution in [0, 0.1) is 11.8 Å². The number of carboxylic acids is 1. The number of aliphatic carboxylic acids is 1. The van der Waals surface area contributed by atoms with Gasteiger partial charge in [-0.2, -0.15) is 0 Å². The largest absolute Gasteiger partial charge is 0.481 e.